The number of para-hydroxylation sites is 1. The number of nitro benzene ring substituents is 1. The fourth-order valence-corrected chi connectivity index (χ4v) is 4.05. The van der Waals surface area contributed by atoms with Gasteiger partial charge in [-0.2, -0.15) is 9.97 Å². The van der Waals surface area contributed by atoms with Crippen molar-refractivity contribution in [2.45, 2.75) is 25.7 Å². The quantitative estimate of drug-likeness (QED) is 0.100. The number of aromatic nitrogens is 2. The van der Waals surface area contributed by atoms with Gasteiger partial charge in [0.05, 0.1) is 18.1 Å². The number of nitro groups is 1. The fourth-order valence-electron chi connectivity index (χ4n) is 4.05. The Morgan fingerprint density at radius 3 is 2.56 bits per heavy atom. The first-order chi connectivity index (χ1) is 17.6. The summed E-state index contributed by atoms with van der Waals surface area (Å²) < 4.78 is 22.0. The molecule has 3 heterocycles. The number of rotatable bonds is 9. The Morgan fingerprint density at radius 1 is 1.03 bits per heavy atom. The summed E-state index contributed by atoms with van der Waals surface area (Å²) in [5, 5.41) is 11.6. The molecule has 36 heavy (non-hydrogen) atoms. The molecule has 1 saturated heterocycles. The molecule has 2 aromatic carbocycles. The SMILES string of the molecule is O=C(OCCCCOc1nc(N2CCCC2)c2oc3ccccc3c2n1)Oc1ccc([N+](=O)[O-])cc1. The Labute approximate surface area is 205 Å². The third-order valence-electron chi connectivity index (χ3n) is 5.83. The summed E-state index contributed by atoms with van der Waals surface area (Å²) in [5.41, 5.74) is 2.07. The molecule has 1 aliphatic heterocycles. The molecule has 0 spiro atoms. The molecule has 0 saturated carbocycles. The Bertz CT molecular complexity index is 1380. The van der Waals surface area contributed by atoms with E-state index in [1.807, 2.05) is 24.3 Å². The van der Waals surface area contributed by atoms with Gasteiger partial charge in [0.1, 0.15) is 16.8 Å². The van der Waals surface area contributed by atoms with E-state index in [4.69, 9.17) is 18.6 Å². The van der Waals surface area contributed by atoms with Crippen LogP contribution < -0.4 is 14.4 Å². The van der Waals surface area contributed by atoms with Crippen molar-refractivity contribution in [2.75, 3.05) is 31.2 Å². The van der Waals surface area contributed by atoms with Crippen molar-refractivity contribution in [2.24, 2.45) is 0 Å². The largest absolute Gasteiger partial charge is 0.513 e. The minimum Gasteiger partial charge on any atom is -0.463 e. The van der Waals surface area contributed by atoms with Crippen LogP contribution >= 0.6 is 0 Å². The number of fused-ring (bicyclic) bond motifs is 3. The second-order valence-electron chi connectivity index (χ2n) is 8.31. The van der Waals surface area contributed by atoms with Crippen LogP contribution in [0.5, 0.6) is 11.8 Å². The highest BCUT2D eigenvalue weighted by molar-refractivity contribution is 6.05. The second-order valence-corrected chi connectivity index (χ2v) is 8.31. The van der Waals surface area contributed by atoms with Gasteiger partial charge in [0, 0.05) is 30.6 Å². The van der Waals surface area contributed by atoms with Gasteiger partial charge in [-0.15, -0.1) is 0 Å². The number of nitrogens with zero attached hydrogens (tertiary/aromatic N) is 4. The molecule has 5 rings (SSSR count). The molecule has 0 bridgehead atoms. The van der Waals surface area contributed by atoms with Gasteiger partial charge in [-0.3, -0.25) is 10.1 Å². The van der Waals surface area contributed by atoms with Crippen LogP contribution in [0.4, 0.5) is 16.3 Å². The van der Waals surface area contributed by atoms with Gasteiger partial charge in [0.15, 0.2) is 11.4 Å². The lowest BCUT2D eigenvalue weighted by molar-refractivity contribution is -0.384. The zero-order valence-electron chi connectivity index (χ0n) is 19.4. The number of non-ortho nitro benzene ring substituents is 1. The number of ether oxygens (including phenoxy) is 3. The first kappa shape index (κ1) is 23.3. The van der Waals surface area contributed by atoms with Crippen molar-refractivity contribution in [1.29, 1.82) is 0 Å². The number of benzene rings is 2. The van der Waals surface area contributed by atoms with Crippen LogP contribution in [0.1, 0.15) is 25.7 Å². The summed E-state index contributed by atoms with van der Waals surface area (Å²) in [6.07, 6.45) is 2.49. The van der Waals surface area contributed by atoms with Crippen LogP contribution in [0.3, 0.4) is 0 Å². The monoisotopic (exact) mass is 492 g/mol. The maximum absolute atomic E-state index is 11.8. The van der Waals surface area contributed by atoms with Crippen molar-refractivity contribution in [1.82, 2.24) is 9.97 Å². The van der Waals surface area contributed by atoms with Crippen LogP contribution in [-0.2, 0) is 4.74 Å². The molecular weight excluding hydrogens is 468 g/mol. The minimum absolute atomic E-state index is 0.0904. The molecule has 0 unspecified atom stereocenters. The first-order valence-corrected chi connectivity index (χ1v) is 11.7. The van der Waals surface area contributed by atoms with Crippen molar-refractivity contribution in [3.05, 3.63) is 58.6 Å². The van der Waals surface area contributed by atoms with Gasteiger partial charge in [-0.25, -0.2) is 4.79 Å². The molecule has 11 heteroatoms. The highest BCUT2D eigenvalue weighted by Gasteiger charge is 2.23. The third-order valence-corrected chi connectivity index (χ3v) is 5.83. The minimum atomic E-state index is -0.874. The van der Waals surface area contributed by atoms with Gasteiger partial charge in [0.2, 0.25) is 0 Å². The van der Waals surface area contributed by atoms with Crippen LogP contribution in [0.2, 0.25) is 0 Å². The molecule has 4 aromatic rings. The second kappa shape index (κ2) is 10.5. The summed E-state index contributed by atoms with van der Waals surface area (Å²) in [6, 6.07) is 13.2. The number of carbonyl (C=O) groups excluding carboxylic acids is 1. The van der Waals surface area contributed by atoms with Crippen molar-refractivity contribution in [3.63, 3.8) is 0 Å². The molecule has 0 amide bonds. The van der Waals surface area contributed by atoms with E-state index in [1.54, 1.807) is 0 Å². The lowest BCUT2D eigenvalue weighted by atomic mass is 10.2. The fraction of sp³-hybridized carbons (Fsp3) is 0.320. The van der Waals surface area contributed by atoms with E-state index in [0.29, 0.717) is 25.0 Å². The van der Waals surface area contributed by atoms with Crippen molar-refractivity contribution in [3.8, 4) is 11.8 Å². The van der Waals surface area contributed by atoms with E-state index < -0.39 is 11.1 Å². The Kier molecular flexibility index (Phi) is 6.78. The van der Waals surface area contributed by atoms with Crippen molar-refractivity contribution < 1.29 is 28.3 Å². The van der Waals surface area contributed by atoms with E-state index in [2.05, 4.69) is 14.9 Å². The highest BCUT2D eigenvalue weighted by atomic mass is 16.7. The number of hydrogen-bond acceptors (Lipinski definition) is 10. The molecule has 2 aromatic heterocycles. The smallest absolute Gasteiger partial charge is 0.463 e. The van der Waals surface area contributed by atoms with E-state index in [0.717, 1.165) is 48.2 Å². The zero-order chi connectivity index (χ0) is 24.9. The summed E-state index contributed by atoms with van der Waals surface area (Å²) in [7, 11) is 0. The van der Waals surface area contributed by atoms with Crippen LogP contribution in [0, 0.1) is 10.1 Å². The summed E-state index contributed by atoms with van der Waals surface area (Å²) in [4.78, 5) is 33.4. The lowest BCUT2D eigenvalue weighted by Crippen LogP contribution is -2.20. The van der Waals surface area contributed by atoms with Crippen molar-refractivity contribution >= 4 is 39.7 Å². The van der Waals surface area contributed by atoms with E-state index >= 15 is 0 Å². The van der Waals surface area contributed by atoms with Gasteiger partial charge in [0.25, 0.3) is 5.69 Å². The maximum Gasteiger partial charge on any atom is 0.513 e. The normalized spacial score (nSPS) is 13.3. The Balaban J connectivity index is 1.14. The number of hydrogen-bond donors (Lipinski definition) is 0. The average Bonchev–Trinajstić information content (AvgIpc) is 3.54. The number of furan rings is 1. The van der Waals surface area contributed by atoms with Gasteiger partial charge < -0.3 is 23.5 Å². The summed E-state index contributed by atoms with van der Waals surface area (Å²) in [6.45, 7) is 2.31. The third kappa shape index (κ3) is 5.14. The summed E-state index contributed by atoms with van der Waals surface area (Å²) in [5.74, 6) is 0.920. The van der Waals surface area contributed by atoms with Crippen LogP contribution in [0.25, 0.3) is 22.1 Å². The molecule has 186 valence electrons. The van der Waals surface area contributed by atoms with Crippen LogP contribution in [0.15, 0.2) is 52.9 Å². The number of anilines is 1. The highest BCUT2D eigenvalue weighted by Crippen LogP contribution is 2.35. The zero-order valence-corrected chi connectivity index (χ0v) is 19.4. The number of unbranched alkanes of at least 4 members (excludes halogenated alkanes) is 1. The molecule has 1 fully saturated rings. The van der Waals surface area contributed by atoms with Gasteiger partial charge in [-0.05, 0) is 49.9 Å². The topological polar surface area (TPSA) is 130 Å². The molecule has 11 nitrogen and oxygen atoms in total. The Hall–Kier alpha value is -4.41. The average molecular weight is 492 g/mol. The van der Waals surface area contributed by atoms with Gasteiger partial charge in [-0.1, -0.05) is 12.1 Å². The van der Waals surface area contributed by atoms with E-state index in [-0.39, 0.29) is 24.1 Å². The molecule has 0 radical (unpaired) electrons. The molecule has 0 N–H and O–H groups in total. The van der Waals surface area contributed by atoms with E-state index in [9.17, 15) is 14.9 Å². The van der Waals surface area contributed by atoms with Crippen LogP contribution in [-0.4, -0.2) is 47.3 Å². The Morgan fingerprint density at radius 2 is 1.78 bits per heavy atom. The standard InChI is InChI=1S/C25H24N4O7/c30-25(35-18-11-9-17(10-12-18)29(31)32)34-16-6-5-15-33-24-26-21-19-7-1-2-8-20(19)36-22(21)23(27-24)28-13-3-4-14-28/h1-2,7-12H,3-6,13-16H2. The van der Waals surface area contributed by atoms with E-state index in [1.165, 1.54) is 24.3 Å². The predicted molar refractivity (Wildman–Crippen MR) is 131 cm³/mol. The lowest BCUT2D eigenvalue weighted by Gasteiger charge is -2.17. The maximum atomic E-state index is 11.8. The number of carbonyl (C=O) groups is 1. The van der Waals surface area contributed by atoms with Gasteiger partial charge >= 0.3 is 12.2 Å². The predicted octanol–water partition coefficient (Wildman–Crippen LogP) is 5.26. The summed E-state index contributed by atoms with van der Waals surface area (Å²) >= 11 is 0. The molecule has 0 aliphatic carbocycles. The molecule has 1 aliphatic rings. The molecule has 0 atom stereocenters. The first-order valence-electron chi connectivity index (χ1n) is 11.7. The molecular formula is C25H24N4O7.